The fourth-order valence-corrected chi connectivity index (χ4v) is 1.93. The second kappa shape index (κ2) is 6.05. The van der Waals surface area contributed by atoms with E-state index in [0.717, 1.165) is 0 Å². The van der Waals surface area contributed by atoms with Crippen LogP contribution in [0.1, 0.15) is 31.2 Å². The molecule has 0 atom stereocenters. The molecule has 0 aliphatic heterocycles. The van der Waals surface area contributed by atoms with Gasteiger partial charge in [0.2, 0.25) is 5.88 Å². The predicted molar refractivity (Wildman–Crippen MR) is 79.0 cm³/mol. The van der Waals surface area contributed by atoms with Gasteiger partial charge in [-0.1, -0.05) is 31.5 Å². The highest BCUT2D eigenvalue weighted by atomic mass is 35.5. The van der Waals surface area contributed by atoms with Crippen LogP contribution in [0.2, 0.25) is 5.15 Å². The van der Waals surface area contributed by atoms with E-state index in [1.54, 1.807) is 19.1 Å². The highest BCUT2D eigenvalue weighted by Gasteiger charge is 2.16. The molecule has 1 heterocycles. The van der Waals surface area contributed by atoms with Crippen LogP contribution < -0.4 is 4.74 Å². The molecule has 0 aliphatic rings. The number of ether oxygens (including phenoxy) is 1. The lowest BCUT2D eigenvalue weighted by Gasteiger charge is -2.10. The molecule has 7 heteroatoms. The molecule has 0 bridgehead atoms. The summed E-state index contributed by atoms with van der Waals surface area (Å²) in [6, 6.07) is 6.11. The van der Waals surface area contributed by atoms with Gasteiger partial charge in [-0.3, -0.25) is 10.1 Å². The molecule has 0 saturated heterocycles. The Kier molecular flexibility index (Phi) is 4.37. The van der Waals surface area contributed by atoms with Crippen molar-refractivity contribution in [2.45, 2.75) is 26.7 Å². The van der Waals surface area contributed by atoms with Gasteiger partial charge in [0.25, 0.3) is 5.69 Å². The summed E-state index contributed by atoms with van der Waals surface area (Å²) in [5.41, 5.74) is 0.431. The van der Waals surface area contributed by atoms with Gasteiger partial charge >= 0.3 is 0 Å². The molecule has 21 heavy (non-hydrogen) atoms. The third-order valence-corrected chi connectivity index (χ3v) is 3.07. The Balaban J connectivity index is 2.39. The van der Waals surface area contributed by atoms with E-state index in [4.69, 9.17) is 16.3 Å². The smallest absolute Gasteiger partial charge is 0.276 e. The Labute approximate surface area is 126 Å². The van der Waals surface area contributed by atoms with E-state index in [1.165, 1.54) is 12.1 Å². The van der Waals surface area contributed by atoms with Crippen LogP contribution >= 0.6 is 11.6 Å². The van der Waals surface area contributed by atoms with Gasteiger partial charge in [0.1, 0.15) is 16.7 Å². The van der Waals surface area contributed by atoms with Crippen molar-refractivity contribution < 1.29 is 9.66 Å². The van der Waals surface area contributed by atoms with E-state index < -0.39 is 4.92 Å². The molecule has 0 amide bonds. The molecule has 6 nitrogen and oxygen atoms in total. The summed E-state index contributed by atoms with van der Waals surface area (Å²) in [6.45, 7) is 5.50. The van der Waals surface area contributed by atoms with Crippen LogP contribution in [-0.2, 0) is 0 Å². The van der Waals surface area contributed by atoms with E-state index in [-0.39, 0.29) is 22.6 Å². The zero-order chi connectivity index (χ0) is 15.6. The molecular formula is C14H14ClN3O3. The minimum Gasteiger partial charge on any atom is -0.438 e. The molecule has 2 rings (SSSR count). The van der Waals surface area contributed by atoms with Crippen molar-refractivity contribution in [1.29, 1.82) is 0 Å². The first-order valence-corrected chi connectivity index (χ1v) is 6.72. The molecular weight excluding hydrogens is 294 g/mol. The molecule has 0 fully saturated rings. The van der Waals surface area contributed by atoms with Gasteiger partial charge in [-0.2, -0.15) is 4.98 Å². The van der Waals surface area contributed by atoms with Gasteiger partial charge in [0.05, 0.1) is 10.5 Å². The number of nitro groups is 1. The second-order valence-electron chi connectivity index (χ2n) is 4.80. The number of hydrogen-bond donors (Lipinski definition) is 0. The van der Waals surface area contributed by atoms with Crippen molar-refractivity contribution in [3.05, 3.63) is 50.9 Å². The standard InChI is InChI=1S/C14H14ClN3O3/c1-8(2)14-16-12(15)7-13(17-14)21-11-6-4-5-10(9(11)3)18(19)20/h4-8H,1-3H3. The summed E-state index contributed by atoms with van der Waals surface area (Å²) in [6.07, 6.45) is 0. The minimum absolute atomic E-state index is 0.00302. The second-order valence-corrected chi connectivity index (χ2v) is 5.19. The van der Waals surface area contributed by atoms with Crippen LogP contribution in [-0.4, -0.2) is 14.9 Å². The number of nitrogens with zero attached hydrogens (tertiary/aromatic N) is 3. The third-order valence-electron chi connectivity index (χ3n) is 2.87. The zero-order valence-electron chi connectivity index (χ0n) is 11.8. The monoisotopic (exact) mass is 307 g/mol. The molecule has 0 aliphatic carbocycles. The Bertz CT molecular complexity index is 689. The summed E-state index contributed by atoms with van der Waals surface area (Å²) >= 11 is 5.94. The van der Waals surface area contributed by atoms with Crippen molar-refractivity contribution >= 4 is 17.3 Å². The summed E-state index contributed by atoms with van der Waals surface area (Å²) in [5, 5.41) is 11.2. The van der Waals surface area contributed by atoms with Crippen LogP contribution in [0.15, 0.2) is 24.3 Å². The molecule has 0 unspecified atom stereocenters. The fraction of sp³-hybridized carbons (Fsp3) is 0.286. The van der Waals surface area contributed by atoms with Crippen LogP contribution in [0, 0.1) is 17.0 Å². The van der Waals surface area contributed by atoms with Crippen LogP contribution in [0.5, 0.6) is 11.6 Å². The first-order valence-electron chi connectivity index (χ1n) is 6.35. The van der Waals surface area contributed by atoms with Crippen molar-refractivity contribution in [3.8, 4) is 11.6 Å². The van der Waals surface area contributed by atoms with Crippen molar-refractivity contribution in [2.75, 3.05) is 0 Å². The maximum atomic E-state index is 10.9. The molecule has 0 radical (unpaired) electrons. The number of nitro benzene ring substituents is 1. The Hall–Kier alpha value is -2.21. The van der Waals surface area contributed by atoms with Gasteiger partial charge in [-0.15, -0.1) is 0 Å². The van der Waals surface area contributed by atoms with Gasteiger partial charge in [0.15, 0.2) is 0 Å². The molecule has 0 spiro atoms. The topological polar surface area (TPSA) is 78.2 Å². The quantitative estimate of drug-likeness (QED) is 0.479. The summed E-state index contributed by atoms with van der Waals surface area (Å²) < 4.78 is 5.63. The zero-order valence-corrected chi connectivity index (χ0v) is 12.6. The lowest BCUT2D eigenvalue weighted by atomic mass is 10.2. The highest BCUT2D eigenvalue weighted by Crippen LogP contribution is 2.31. The average molecular weight is 308 g/mol. The Morgan fingerprint density at radius 3 is 2.67 bits per heavy atom. The van der Waals surface area contributed by atoms with Crippen LogP contribution in [0.25, 0.3) is 0 Å². The fourth-order valence-electron chi connectivity index (χ4n) is 1.75. The lowest BCUT2D eigenvalue weighted by Crippen LogP contribution is -2.01. The van der Waals surface area contributed by atoms with Crippen molar-refractivity contribution in [2.24, 2.45) is 0 Å². The first kappa shape index (κ1) is 15.2. The normalized spacial score (nSPS) is 10.7. The van der Waals surface area contributed by atoms with E-state index in [2.05, 4.69) is 9.97 Å². The van der Waals surface area contributed by atoms with E-state index >= 15 is 0 Å². The molecule has 0 saturated carbocycles. The molecule has 2 aromatic rings. The number of benzene rings is 1. The molecule has 1 aromatic heterocycles. The Morgan fingerprint density at radius 1 is 1.33 bits per heavy atom. The number of hydrogen-bond acceptors (Lipinski definition) is 5. The minimum atomic E-state index is -0.450. The molecule has 110 valence electrons. The number of rotatable bonds is 4. The van der Waals surface area contributed by atoms with E-state index in [0.29, 0.717) is 17.1 Å². The summed E-state index contributed by atoms with van der Waals surface area (Å²) in [7, 11) is 0. The van der Waals surface area contributed by atoms with Gasteiger partial charge in [0, 0.05) is 18.1 Å². The van der Waals surface area contributed by atoms with Crippen LogP contribution in [0.3, 0.4) is 0 Å². The van der Waals surface area contributed by atoms with Crippen LogP contribution in [0.4, 0.5) is 5.69 Å². The predicted octanol–water partition coefficient (Wildman–Crippen LogP) is 4.26. The molecule has 0 N–H and O–H groups in total. The maximum Gasteiger partial charge on any atom is 0.276 e. The van der Waals surface area contributed by atoms with Gasteiger partial charge < -0.3 is 4.74 Å². The number of halogens is 1. The van der Waals surface area contributed by atoms with Crippen molar-refractivity contribution in [1.82, 2.24) is 9.97 Å². The van der Waals surface area contributed by atoms with Gasteiger partial charge in [-0.05, 0) is 13.0 Å². The third kappa shape index (κ3) is 3.46. The summed E-state index contributed by atoms with van der Waals surface area (Å²) in [5.74, 6) is 1.29. The average Bonchev–Trinajstić information content (AvgIpc) is 2.40. The Morgan fingerprint density at radius 2 is 2.05 bits per heavy atom. The maximum absolute atomic E-state index is 10.9. The SMILES string of the molecule is Cc1c(Oc2cc(Cl)nc(C(C)C)n2)cccc1[N+](=O)[O-]. The van der Waals surface area contributed by atoms with Gasteiger partial charge in [-0.25, -0.2) is 4.98 Å². The molecule has 1 aromatic carbocycles. The highest BCUT2D eigenvalue weighted by molar-refractivity contribution is 6.29. The van der Waals surface area contributed by atoms with E-state index in [1.807, 2.05) is 13.8 Å². The largest absolute Gasteiger partial charge is 0.438 e. The van der Waals surface area contributed by atoms with Crippen molar-refractivity contribution in [3.63, 3.8) is 0 Å². The lowest BCUT2D eigenvalue weighted by molar-refractivity contribution is -0.385. The first-order chi connectivity index (χ1) is 9.88. The summed E-state index contributed by atoms with van der Waals surface area (Å²) in [4.78, 5) is 18.8. The number of aromatic nitrogens is 2. The van der Waals surface area contributed by atoms with E-state index in [9.17, 15) is 10.1 Å².